The first-order valence-electron chi connectivity index (χ1n) is 21.0. The number of anilines is 6. The van der Waals surface area contributed by atoms with Crippen molar-refractivity contribution in [2.75, 3.05) is 54.2 Å². The Labute approximate surface area is 343 Å². The molecule has 8 nitrogen and oxygen atoms in total. The molecular formula is C50H54N6O2. The van der Waals surface area contributed by atoms with Gasteiger partial charge in [0, 0.05) is 73.5 Å². The van der Waals surface area contributed by atoms with Gasteiger partial charge in [0.05, 0.1) is 42.2 Å². The monoisotopic (exact) mass is 770 g/mol. The van der Waals surface area contributed by atoms with Crippen molar-refractivity contribution >= 4 is 34.1 Å². The summed E-state index contributed by atoms with van der Waals surface area (Å²) >= 11 is 0. The van der Waals surface area contributed by atoms with E-state index in [1.54, 1.807) is 0 Å². The maximum absolute atomic E-state index is 5.99. The number of nitrogens with one attached hydrogen (secondary N) is 2. The predicted octanol–water partition coefficient (Wildman–Crippen LogP) is 10.8. The zero-order valence-corrected chi connectivity index (χ0v) is 34.0. The van der Waals surface area contributed by atoms with Crippen LogP contribution in [0.15, 0.2) is 128 Å². The van der Waals surface area contributed by atoms with Crippen LogP contribution in [0, 0.1) is 0 Å². The minimum atomic E-state index is -0.333. The van der Waals surface area contributed by atoms with Crippen molar-refractivity contribution in [2.45, 2.75) is 69.3 Å². The second kappa shape index (κ2) is 16.5. The summed E-state index contributed by atoms with van der Waals surface area (Å²) in [7, 11) is 4.31. The van der Waals surface area contributed by atoms with E-state index in [1.807, 2.05) is 24.7 Å². The highest BCUT2D eigenvalue weighted by Crippen LogP contribution is 2.51. The molecule has 2 N–H and O–H groups in total. The molecule has 0 radical (unpaired) electrons. The minimum Gasteiger partial charge on any atom is -0.494 e. The third-order valence-electron chi connectivity index (χ3n) is 12.4. The number of aromatic nitrogens is 2. The van der Waals surface area contributed by atoms with Gasteiger partial charge in [0.25, 0.3) is 0 Å². The fourth-order valence-electron chi connectivity index (χ4n) is 9.03. The molecule has 9 rings (SSSR count). The fourth-order valence-corrected chi connectivity index (χ4v) is 9.03. The van der Waals surface area contributed by atoms with Crippen LogP contribution in [0.4, 0.5) is 34.1 Å². The number of hydrogen-bond donors (Lipinski definition) is 2. The summed E-state index contributed by atoms with van der Waals surface area (Å²) < 4.78 is 11.9. The van der Waals surface area contributed by atoms with Gasteiger partial charge < -0.3 is 29.9 Å². The lowest BCUT2D eigenvalue weighted by atomic mass is 9.73. The summed E-state index contributed by atoms with van der Waals surface area (Å²) in [5.74, 6) is 2.23. The Bertz CT molecular complexity index is 2330. The molecule has 0 bridgehead atoms. The molecule has 2 heterocycles. The highest BCUT2D eigenvalue weighted by molar-refractivity contribution is 5.77. The fraction of sp³-hybridized carbons (Fsp3) is 0.320. The molecule has 2 aromatic heterocycles. The van der Waals surface area contributed by atoms with Crippen LogP contribution >= 0.6 is 0 Å². The highest BCUT2D eigenvalue weighted by Gasteiger charge is 2.44. The standard InChI is InChI=1S/C50H54N6O2/c1-4-28-57-42-18-13-40(14-19-42)56(3)48-33-52-32-47(49(48)50(34-54-38-9-7-27-51-31-38)26-25-35-8-5-6-10-46(35)50)53-30-37-12-11-36-29-41(17-24-45(36)37)55(2)39-15-20-43(21-16-39)58-44-22-23-44/h5-10,13-21,24,27,29,31-33,37,44,53-54H,4,11-12,22-23,25-26,28,30,34H2,1-3H3/t37-,50+/m0/s1. The zero-order valence-electron chi connectivity index (χ0n) is 34.0. The largest absolute Gasteiger partial charge is 0.494 e. The molecule has 3 aliphatic carbocycles. The zero-order chi connectivity index (χ0) is 39.5. The predicted molar refractivity (Wildman–Crippen MR) is 237 cm³/mol. The molecule has 0 spiro atoms. The molecule has 1 fully saturated rings. The van der Waals surface area contributed by atoms with Crippen molar-refractivity contribution in [2.24, 2.45) is 0 Å². The Hall–Kier alpha value is -6.02. The van der Waals surface area contributed by atoms with Gasteiger partial charge >= 0.3 is 0 Å². The molecule has 0 saturated heterocycles. The topological polar surface area (TPSA) is 74.8 Å². The molecule has 0 unspecified atom stereocenters. The average Bonchev–Trinajstić information content (AvgIpc) is 3.88. The van der Waals surface area contributed by atoms with Crippen LogP contribution in [0.25, 0.3) is 0 Å². The minimum absolute atomic E-state index is 0.333. The van der Waals surface area contributed by atoms with Crippen molar-refractivity contribution in [1.29, 1.82) is 0 Å². The lowest BCUT2D eigenvalue weighted by Gasteiger charge is -2.37. The third-order valence-corrected chi connectivity index (χ3v) is 12.4. The van der Waals surface area contributed by atoms with Crippen LogP contribution in [0.2, 0.25) is 0 Å². The number of ether oxygens (including phenoxy) is 2. The number of nitrogens with zero attached hydrogens (tertiary/aromatic N) is 4. The van der Waals surface area contributed by atoms with Crippen molar-refractivity contribution in [3.05, 3.63) is 156 Å². The van der Waals surface area contributed by atoms with Gasteiger partial charge in [-0.1, -0.05) is 37.3 Å². The average molecular weight is 771 g/mol. The van der Waals surface area contributed by atoms with Crippen LogP contribution in [0.1, 0.15) is 72.8 Å². The summed E-state index contributed by atoms with van der Waals surface area (Å²) in [6, 6.07) is 37.1. The lowest BCUT2D eigenvalue weighted by molar-refractivity contribution is 0.303. The number of rotatable bonds is 16. The highest BCUT2D eigenvalue weighted by atomic mass is 16.5. The second-order valence-corrected chi connectivity index (χ2v) is 16.2. The smallest absolute Gasteiger partial charge is 0.119 e. The first-order chi connectivity index (χ1) is 28.5. The van der Waals surface area contributed by atoms with Crippen LogP contribution in [0.5, 0.6) is 11.5 Å². The Morgan fingerprint density at radius 2 is 1.50 bits per heavy atom. The molecule has 4 aromatic carbocycles. The van der Waals surface area contributed by atoms with Crippen molar-refractivity contribution in [3.8, 4) is 11.5 Å². The van der Waals surface area contributed by atoms with E-state index in [-0.39, 0.29) is 5.41 Å². The van der Waals surface area contributed by atoms with Crippen molar-refractivity contribution in [3.63, 3.8) is 0 Å². The van der Waals surface area contributed by atoms with Gasteiger partial charge in [-0.05, 0) is 140 Å². The van der Waals surface area contributed by atoms with Gasteiger partial charge in [-0.2, -0.15) is 0 Å². The second-order valence-electron chi connectivity index (χ2n) is 16.2. The Morgan fingerprint density at radius 3 is 2.28 bits per heavy atom. The maximum atomic E-state index is 5.99. The van der Waals surface area contributed by atoms with Gasteiger partial charge in [0.2, 0.25) is 0 Å². The summed E-state index contributed by atoms with van der Waals surface area (Å²) in [6.07, 6.45) is 15.7. The Morgan fingerprint density at radius 1 is 0.724 bits per heavy atom. The molecular weight excluding hydrogens is 717 g/mol. The summed E-state index contributed by atoms with van der Waals surface area (Å²) in [5.41, 5.74) is 13.2. The number of benzene rings is 4. The Kier molecular flexibility index (Phi) is 10.7. The summed E-state index contributed by atoms with van der Waals surface area (Å²) in [4.78, 5) is 13.9. The van der Waals surface area contributed by atoms with Crippen LogP contribution in [-0.4, -0.2) is 49.9 Å². The molecule has 296 valence electrons. The van der Waals surface area contributed by atoms with E-state index in [2.05, 4.69) is 150 Å². The van der Waals surface area contributed by atoms with Crippen LogP contribution < -0.4 is 29.9 Å². The summed E-state index contributed by atoms with van der Waals surface area (Å²) in [6.45, 7) is 4.38. The van der Waals surface area contributed by atoms with E-state index in [0.29, 0.717) is 18.6 Å². The first-order valence-corrected chi connectivity index (χ1v) is 21.0. The molecule has 58 heavy (non-hydrogen) atoms. The van der Waals surface area contributed by atoms with Gasteiger partial charge in [-0.3, -0.25) is 9.97 Å². The maximum Gasteiger partial charge on any atom is 0.119 e. The number of hydrogen-bond acceptors (Lipinski definition) is 8. The van der Waals surface area contributed by atoms with Crippen LogP contribution in [-0.2, 0) is 18.3 Å². The third kappa shape index (κ3) is 7.68. The van der Waals surface area contributed by atoms with E-state index in [4.69, 9.17) is 14.5 Å². The van der Waals surface area contributed by atoms with E-state index in [9.17, 15) is 0 Å². The Balaban J connectivity index is 1.03. The van der Waals surface area contributed by atoms with E-state index >= 15 is 0 Å². The normalized spacial score (nSPS) is 17.9. The quantitative estimate of drug-likeness (QED) is 0.101. The SMILES string of the molecule is CCCOc1ccc(N(C)c2cncc(NC[C@@H]3CCc4cc(N(C)c5ccc(OC6CC6)cc5)ccc43)c2[C@@]2(CNc3cccnc3)CCc3ccccc32)cc1. The molecule has 3 aliphatic rings. The number of pyridine rings is 2. The van der Waals surface area contributed by atoms with Gasteiger partial charge in [-0.15, -0.1) is 0 Å². The van der Waals surface area contributed by atoms with E-state index < -0.39 is 0 Å². The molecule has 0 amide bonds. The van der Waals surface area contributed by atoms with E-state index in [0.717, 1.165) is 85.1 Å². The molecule has 1 saturated carbocycles. The van der Waals surface area contributed by atoms with Crippen LogP contribution in [0.3, 0.4) is 0 Å². The van der Waals surface area contributed by atoms with Gasteiger partial charge in [-0.25, -0.2) is 0 Å². The van der Waals surface area contributed by atoms with E-state index in [1.165, 1.54) is 46.3 Å². The molecule has 2 atom stereocenters. The molecule has 6 aromatic rings. The number of fused-ring (bicyclic) bond motifs is 2. The molecule has 0 aliphatic heterocycles. The van der Waals surface area contributed by atoms with Gasteiger partial charge in [0.15, 0.2) is 0 Å². The molecule has 8 heteroatoms. The lowest BCUT2D eigenvalue weighted by Crippen LogP contribution is -2.36. The number of aryl methyl sites for hydroxylation is 2. The van der Waals surface area contributed by atoms with Gasteiger partial charge in [0.1, 0.15) is 11.5 Å². The van der Waals surface area contributed by atoms with Crippen molar-refractivity contribution in [1.82, 2.24) is 9.97 Å². The van der Waals surface area contributed by atoms with Crippen molar-refractivity contribution < 1.29 is 9.47 Å². The summed E-state index contributed by atoms with van der Waals surface area (Å²) in [5, 5.41) is 7.84. The first kappa shape index (κ1) is 37.6.